The van der Waals surface area contributed by atoms with Gasteiger partial charge in [-0.05, 0) is 24.3 Å². The van der Waals surface area contributed by atoms with E-state index < -0.39 is 0 Å². The van der Waals surface area contributed by atoms with Crippen LogP contribution in [0.15, 0.2) is 54.7 Å². The topological polar surface area (TPSA) is 52.3 Å². The van der Waals surface area contributed by atoms with E-state index in [0.29, 0.717) is 12.5 Å². The third-order valence-electron chi connectivity index (χ3n) is 4.12. The Kier molecular flexibility index (Phi) is 3.64. The van der Waals surface area contributed by atoms with Crippen LogP contribution in [0.1, 0.15) is 32.2 Å². The van der Waals surface area contributed by atoms with Gasteiger partial charge < -0.3 is 4.74 Å². The Hall–Kier alpha value is -2.95. The maximum atomic E-state index is 5.99. The van der Waals surface area contributed by atoms with Crippen LogP contribution in [0.2, 0.25) is 0 Å². The van der Waals surface area contributed by atoms with E-state index in [1.807, 2.05) is 53.0 Å². The minimum atomic E-state index is -0.0379. The monoisotopic (exact) mass is 332 g/mol. The summed E-state index contributed by atoms with van der Waals surface area (Å²) in [5, 5.41) is 5.70. The van der Waals surface area contributed by atoms with Gasteiger partial charge in [-0.2, -0.15) is 10.1 Å². The van der Waals surface area contributed by atoms with Crippen molar-refractivity contribution >= 4 is 16.6 Å². The van der Waals surface area contributed by atoms with Gasteiger partial charge in [0.15, 0.2) is 5.65 Å². The molecule has 0 aliphatic heterocycles. The number of aromatic nitrogens is 4. The molecule has 5 heteroatoms. The second kappa shape index (κ2) is 5.84. The lowest BCUT2D eigenvalue weighted by molar-refractivity contribution is 0.294. The predicted molar refractivity (Wildman–Crippen MR) is 97.8 cm³/mol. The van der Waals surface area contributed by atoms with Crippen molar-refractivity contribution in [1.29, 1.82) is 0 Å². The molecule has 0 saturated carbocycles. The molecule has 0 radical (unpaired) electrons. The number of fused-ring (bicyclic) bond motifs is 3. The second-order valence-electron chi connectivity index (χ2n) is 7.09. The van der Waals surface area contributed by atoms with E-state index >= 15 is 0 Å². The molecule has 0 N–H and O–H groups in total. The highest BCUT2D eigenvalue weighted by atomic mass is 16.5. The summed E-state index contributed by atoms with van der Waals surface area (Å²) in [7, 11) is 0. The smallest absolute Gasteiger partial charge is 0.225 e. The van der Waals surface area contributed by atoms with Gasteiger partial charge in [-0.25, -0.2) is 4.52 Å². The minimum Gasteiger partial charge on any atom is -0.471 e. The van der Waals surface area contributed by atoms with Crippen molar-refractivity contribution in [2.75, 3.05) is 0 Å². The minimum absolute atomic E-state index is 0.0379. The Bertz CT molecular complexity index is 1030. The van der Waals surface area contributed by atoms with Crippen molar-refractivity contribution in [2.24, 2.45) is 0 Å². The molecule has 1 aromatic carbocycles. The first-order valence-corrected chi connectivity index (χ1v) is 8.34. The van der Waals surface area contributed by atoms with Crippen LogP contribution in [0.25, 0.3) is 16.6 Å². The van der Waals surface area contributed by atoms with E-state index in [1.54, 1.807) is 6.20 Å². The number of benzene rings is 1. The summed E-state index contributed by atoms with van der Waals surface area (Å²) < 4.78 is 7.89. The fraction of sp³-hybridized carbons (Fsp3) is 0.250. The number of nitrogens with zero attached hydrogens (tertiary/aromatic N) is 4. The van der Waals surface area contributed by atoms with Crippen LogP contribution < -0.4 is 4.74 Å². The van der Waals surface area contributed by atoms with Crippen molar-refractivity contribution in [3.8, 4) is 5.88 Å². The molecule has 0 atom stereocenters. The second-order valence-corrected chi connectivity index (χ2v) is 7.09. The first-order valence-electron chi connectivity index (χ1n) is 8.34. The average molecular weight is 332 g/mol. The van der Waals surface area contributed by atoms with Gasteiger partial charge in [0.2, 0.25) is 5.88 Å². The summed E-state index contributed by atoms with van der Waals surface area (Å²) in [4.78, 5) is 9.01. The Morgan fingerprint density at radius 2 is 1.84 bits per heavy atom. The molecule has 0 aliphatic carbocycles. The first kappa shape index (κ1) is 15.6. The number of ether oxygens (including phenoxy) is 1. The molecule has 126 valence electrons. The molecule has 0 saturated heterocycles. The molecular weight excluding hydrogens is 312 g/mol. The van der Waals surface area contributed by atoms with E-state index in [4.69, 9.17) is 14.8 Å². The molecule has 0 amide bonds. The van der Waals surface area contributed by atoms with Crippen LogP contribution in [0.5, 0.6) is 5.88 Å². The van der Waals surface area contributed by atoms with E-state index in [0.717, 1.165) is 27.9 Å². The maximum absolute atomic E-state index is 5.99. The Labute approximate surface area is 146 Å². The van der Waals surface area contributed by atoms with Gasteiger partial charge in [0.05, 0.1) is 22.3 Å². The zero-order valence-corrected chi connectivity index (χ0v) is 14.6. The van der Waals surface area contributed by atoms with Gasteiger partial charge in [0.25, 0.3) is 0 Å². The molecule has 0 fully saturated rings. The average Bonchev–Trinajstić information content (AvgIpc) is 3.05. The lowest BCUT2D eigenvalue weighted by Crippen LogP contribution is -2.11. The number of para-hydroxylation sites is 1. The maximum Gasteiger partial charge on any atom is 0.225 e. The van der Waals surface area contributed by atoms with Gasteiger partial charge in [-0.15, -0.1) is 0 Å². The van der Waals surface area contributed by atoms with Gasteiger partial charge >= 0.3 is 0 Å². The molecule has 0 bridgehead atoms. The van der Waals surface area contributed by atoms with Crippen molar-refractivity contribution in [1.82, 2.24) is 19.6 Å². The molecular formula is C20H20N4O. The van der Waals surface area contributed by atoms with E-state index in [1.165, 1.54) is 0 Å². The normalized spacial score (nSPS) is 12.0. The lowest BCUT2D eigenvalue weighted by atomic mass is 9.93. The highest BCUT2D eigenvalue weighted by molar-refractivity contribution is 5.86. The summed E-state index contributed by atoms with van der Waals surface area (Å²) in [5.41, 5.74) is 3.62. The van der Waals surface area contributed by atoms with E-state index in [-0.39, 0.29) is 5.41 Å². The molecule has 4 aromatic rings. The molecule has 5 nitrogen and oxygen atoms in total. The Morgan fingerprint density at radius 3 is 2.60 bits per heavy atom. The molecule has 0 unspecified atom stereocenters. The quantitative estimate of drug-likeness (QED) is 0.565. The van der Waals surface area contributed by atoms with Crippen molar-refractivity contribution in [3.05, 3.63) is 66.1 Å². The molecule has 3 heterocycles. The third kappa shape index (κ3) is 2.93. The predicted octanol–water partition coefficient (Wildman–Crippen LogP) is 4.15. The number of rotatable bonds is 3. The summed E-state index contributed by atoms with van der Waals surface area (Å²) >= 11 is 0. The van der Waals surface area contributed by atoms with Crippen molar-refractivity contribution in [3.63, 3.8) is 0 Å². The zero-order valence-electron chi connectivity index (χ0n) is 14.6. The number of pyridine rings is 1. The van der Waals surface area contributed by atoms with Crippen LogP contribution in [-0.2, 0) is 12.0 Å². The van der Waals surface area contributed by atoms with Gasteiger partial charge in [0.1, 0.15) is 6.61 Å². The SMILES string of the molecule is CC(C)(C)c1cc2nc(OCc3ccccn3)c3ccccc3n2n1. The van der Waals surface area contributed by atoms with E-state index in [2.05, 4.69) is 25.8 Å². The van der Waals surface area contributed by atoms with Gasteiger partial charge in [-0.3, -0.25) is 4.98 Å². The Morgan fingerprint density at radius 1 is 1.04 bits per heavy atom. The molecule has 0 spiro atoms. The highest BCUT2D eigenvalue weighted by Crippen LogP contribution is 2.28. The first-order chi connectivity index (χ1) is 12.0. The molecule has 0 aliphatic rings. The fourth-order valence-corrected chi connectivity index (χ4v) is 2.73. The molecule has 4 rings (SSSR count). The van der Waals surface area contributed by atoms with Crippen LogP contribution in [-0.4, -0.2) is 19.6 Å². The summed E-state index contributed by atoms with van der Waals surface area (Å²) in [6, 6.07) is 15.8. The summed E-state index contributed by atoms with van der Waals surface area (Å²) in [5.74, 6) is 0.606. The van der Waals surface area contributed by atoms with Crippen molar-refractivity contribution < 1.29 is 4.74 Å². The van der Waals surface area contributed by atoms with Crippen LogP contribution in [0.3, 0.4) is 0 Å². The van der Waals surface area contributed by atoms with Crippen LogP contribution in [0.4, 0.5) is 0 Å². The largest absolute Gasteiger partial charge is 0.471 e. The van der Waals surface area contributed by atoms with Crippen LogP contribution >= 0.6 is 0 Å². The summed E-state index contributed by atoms with van der Waals surface area (Å²) in [6.45, 7) is 6.83. The van der Waals surface area contributed by atoms with Crippen molar-refractivity contribution in [2.45, 2.75) is 32.8 Å². The highest BCUT2D eigenvalue weighted by Gasteiger charge is 2.20. The lowest BCUT2D eigenvalue weighted by Gasteiger charge is -2.13. The van der Waals surface area contributed by atoms with E-state index in [9.17, 15) is 0 Å². The Balaban J connectivity index is 1.82. The van der Waals surface area contributed by atoms with Crippen LogP contribution in [0, 0.1) is 0 Å². The zero-order chi connectivity index (χ0) is 17.4. The third-order valence-corrected chi connectivity index (χ3v) is 4.12. The fourth-order valence-electron chi connectivity index (χ4n) is 2.73. The molecule has 25 heavy (non-hydrogen) atoms. The summed E-state index contributed by atoms with van der Waals surface area (Å²) in [6.07, 6.45) is 1.76. The van der Waals surface area contributed by atoms with Gasteiger partial charge in [0, 0.05) is 17.7 Å². The molecule has 3 aromatic heterocycles. The number of hydrogen-bond donors (Lipinski definition) is 0. The van der Waals surface area contributed by atoms with Gasteiger partial charge in [-0.1, -0.05) is 39.0 Å². The standard InChI is InChI=1S/C20H20N4O/c1-20(2,3)17-12-18-22-19(25-13-14-8-6-7-11-21-14)15-9-4-5-10-16(15)24(18)23-17/h4-12H,13H2,1-3H3. The number of hydrogen-bond acceptors (Lipinski definition) is 4.